The number of pyridine rings is 1. The van der Waals surface area contributed by atoms with Crippen LogP contribution in [0.3, 0.4) is 0 Å². The van der Waals surface area contributed by atoms with Crippen LogP contribution >= 0.6 is 23.5 Å². The molecule has 4 heteroatoms. The summed E-state index contributed by atoms with van der Waals surface area (Å²) in [5, 5.41) is 1.17. The first-order valence-electron chi connectivity index (χ1n) is 6.89. The molecule has 1 fully saturated rings. The van der Waals surface area contributed by atoms with Gasteiger partial charge in [0.05, 0.1) is 0 Å². The Morgan fingerprint density at radius 2 is 1.71 bits per heavy atom. The van der Waals surface area contributed by atoms with Crippen LogP contribution in [0, 0.1) is 0 Å². The van der Waals surface area contributed by atoms with Crippen LogP contribution in [-0.4, -0.2) is 24.2 Å². The second kappa shape index (κ2) is 6.58. The molecule has 1 aliphatic rings. The van der Waals surface area contributed by atoms with Gasteiger partial charge in [-0.1, -0.05) is 12.1 Å². The van der Waals surface area contributed by atoms with Crippen molar-refractivity contribution in [2.45, 2.75) is 6.42 Å². The van der Waals surface area contributed by atoms with Crippen LogP contribution in [0.15, 0.2) is 53.0 Å². The van der Waals surface area contributed by atoms with Crippen LogP contribution in [0.25, 0.3) is 5.57 Å². The van der Waals surface area contributed by atoms with Gasteiger partial charge in [-0.2, -0.15) is 0 Å². The number of hydrogen-bond donors (Lipinski definition) is 0. The molecule has 108 valence electrons. The van der Waals surface area contributed by atoms with Gasteiger partial charge in [0.15, 0.2) is 0 Å². The Morgan fingerprint density at radius 1 is 1.05 bits per heavy atom. The number of thioether (sulfide) groups is 2. The lowest BCUT2D eigenvalue weighted by molar-refractivity contribution is 1.13. The zero-order chi connectivity index (χ0) is 14.7. The van der Waals surface area contributed by atoms with Crippen molar-refractivity contribution in [3.8, 4) is 0 Å². The normalized spacial score (nSPS) is 13.7. The number of hydrogen-bond acceptors (Lipinski definition) is 4. The third-order valence-electron chi connectivity index (χ3n) is 3.49. The second-order valence-electron chi connectivity index (χ2n) is 5.15. The minimum absolute atomic E-state index is 0.979. The summed E-state index contributed by atoms with van der Waals surface area (Å²) in [6.45, 7) is 0. The van der Waals surface area contributed by atoms with Gasteiger partial charge in [-0.25, -0.2) is 0 Å². The molecule has 2 heterocycles. The fourth-order valence-corrected chi connectivity index (χ4v) is 3.92. The van der Waals surface area contributed by atoms with Gasteiger partial charge in [0.25, 0.3) is 0 Å². The highest BCUT2D eigenvalue weighted by atomic mass is 32.3. The Balaban J connectivity index is 1.86. The molecule has 0 amide bonds. The number of aromatic nitrogens is 1. The van der Waals surface area contributed by atoms with Crippen molar-refractivity contribution in [1.82, 2.24) is 4.98 Å². The molecule has 3 rings (SSSR count). The average Bonchev–Trinajstić information content (AvgIpc) is 2.46. The summed E-state index contributed by atoms with van der Waals surface area (Å²) in [6, 6.07) is 13.0. The molecule has 0 bridgehead atoms. The number of rotatable bonds is 4. The standard InChI is InChI=1S/C17H18N2S2/c1-19(2)15-5-3-13(4-6-15)11-16(17-20-12-21-17)14-7-9-18-10-8-14/h3-10H,11-12H2,1-2H3. The van der Waals surface area contributed by atoms with Crippen molar-refractivity contribution in [3.05, 3.63) is 64.2 Å². The van der Waals surface area contributed by atoms with E-state index in [1.54, 1.807) is 0 Å². The molecule has 2 nitrogen and oxygen atoms in total. The van der Waals surface area contributed by atoms with Gasteiger partial charge in [-0.05, 0) is 47.4 Å². The van der Waals surface area contributed by atoms with Crippen LogP contribution in [0.1, 0.15) is 11.1 Å². The van der Waals surface area contributed by atoms with Gasteiger partial charge in [0.2, 0.25) is 0 Å². The van der Waals surface area contributed by atoms with E-state index in [1.807, 2.05) is 35.9 Å². The smallest absolute Gasteiger partial charge is 0.0497 e. The molecule has 1 aromatic carbocycles. The van der Waals surface area contributed by atoms with E-state index in [9.17, 15) is 0 Å². The maximum absolute atomic E-state index is 4.13. The molecule has 1 aromatic heterocycles. The summed E-state index contributed by atoms with van der Waals surface area (Å²) in [6.07, 6.45) is 4.73. The summed E-state index contributed by atoms with van der Waals surface area (Å²) in [4.78, 5) is 6.26. The molecule has 1 saturated heterocycles. The number of anilines is 1. The molecule has 1 aliphatic heterocycles. The number of nitrogens with zero attached hydrogens (tertiary/aromatic N) is 2. The van der Waals surface area contributed by atoms with Gasteiger partial charge in [-0.15, -0.1) is 23.5 Å². The molecule has 0 spiro atoms. The highest BCUT2D eigenvalue weighted by molar-refractivity contribution is 8.37. The Morgan fingerprint density at radius 3 is 2.24 bits per heavy atom. The van der Waals surface area contributed by atoms with Gasteiger partial charge in [-0.3, -0.25) is 4.98 Å². The van der Waals surface area contributed by atoms with Crippen molar-refractivity contribution in [3.63, 3.8) is 0 Å². The van der Waals surface area contributed by atoms with E-state index in [0.717, 1.165) is 6.42 Å². The van der Waals surface area contributed by atoms with E-state index in [0.29, 0.717) is 0 Å². The van der Waals surface area contributed by atoms with E-state index >= 15 is 0 Å². The number of allylic oxidation sites excluding steroid dienone is 1. The molecular formula is C17H18N2S2. The topological polar surface area (TPSA) is 16.1 Å². The van der Waals surface area contributed by atoms with Crippen LogP contribution < -0.4 is 4.90 Å². The Kier molecular flexibility index (Phi) is 4.56. The van der Waals surface area contributed by atoms with Crippen molar-refractivity contribution in [1.29, 1.82) is 0 Å². The minimum atomic E-state index is 0.979. The zero-order valence-corrected chi connectivity index (χ0v) is 13.9. The van der Waals surface area contributed by atoms with Crippen molar-refractivity contribution in [2.75, 3.05) is 24.1 Å². The van der Waals surface area contributed by atoms with Crippen molar-refractivity contribution in [2.24, 2.45) is 0 Å². The fourth-order valence-electron chi connectivity index (χ4n) is 2.25. The Labute approximate surface area is 134 Å². The van der Waals surface area contributed by atoms with E-state index in [2.05, 4.69) is 60.4 Å². The predicted molar refractivity (Wildman–Crippen MR) is 95.7 cm³/mol. The molecule has 0 unspecified atom stereocenters. The monoisotopic (exact) mass is 314 g/mol. The second-order valence-corrected chi connectivity index (χ2v) is 7.74. The largest absolute Gasteiger partial charge is 0.378 e. The van der Waals surface area contributed by atoms with E-state index in [-0.39, 0.29) is 0 Å². The molecule has 0 radical (unpaired) electrons. The minimum Gasteiger partial charge on any atom is -0.378 e. The van der Waals surface area contributed by atoms with E-state index < -0.39 is 0 Å². The predicted octanol–water partition coefficient (Wildman–Crippen LogP) is 4.50. The van der Waals surface area contributed by atoms with Gasteiger partial charge < -0.3 is 4.90 Å². The average molecular weight is 314 g/mol. The van der Waals surface area contributed by atoms with Gasteiger partial charge in [0, 0.05) is 41.5 Å². The van der Waals surface area contributed by atoms with E-state index in [1.165, 1.54) is 31.7 Å². The van der Waals surface area contributed by atoms with Crippen LogP contribution in [0.5, 0.6) is 0 Å². The van der Waals surface area contributed by atoms with Gasteiger partial charge in [0.1, 0.15) is 0 Å². The van der Waals surface area contributed by atoms with Crippen molar-refractivity contribution < 1.29 is 0 Å². The summed E-state index contributed by atoms with van der Waals surface area (Å²) < 4.78 is 1.46. The molecule has 0 aliphatic carbocycles. The third kappa shape index (κ3) is 3.44. The first-order valence-corrected chi connectivity index (χ1v) is 8.86. The molecule has 0 atom stereocenters. The third-order valence-corrected chi connectivity index (χ3v) is 6.16. The zero-order valence-electron chi connectivity index (χ0n) is 12.2. The highest BCUT2D eigenvalue weighted by Crippen LogP contribution is 2.48. The Bertz CT molecular complexity index is 628. The number of benzene rings is 1. The lowest BCUT2D eigenvalue weighted by Gasteiger charge is -2.21. The maximum Gasteiger partial charge on any atom is 0.0497 e. The van der Waals surface area contributed by atoms with Gasteiger partial charge >= 0.3 is 0 Å². The lowest BCUT2D eigenvalue weighted by atomic mass is 10.0. The molecule has 21 heavy (non-hydrogen) atoms. The summed E-state index contributed by atoms with van der Waals surface area (Å²) in [5.74, 6) is 0. The van der Waals surface area contributed by atoms with Crippen molar-refractivity contribution >= 4 is 34.8 Å². The lowest BCUT2D eigenvalue weighted by Crippen LogP contribution is -2.08. The molecule has 0 saturated carbocycles. The van der Waals surface area contributed by atoms with Crippen LogP contribution in [0.2, 0.25) is 0 Å². The van der Waals surface area contributed by atoms with Crippen LogP contribution in [0.4, 0.5) is 5.69 Å². The molecule has 2 aromatic rings. The summed E-state index contributed by atoms with van der Waals surface area (Å²) in [7, 11) is 4.14. The first kappa shape index (κ1) is 14.5. The first-order chi connectivity index (χ1) is 10.2. The summed E-state index contributed by atoms with van der Waals surface area (Å²) >= 11 is 3.90. The highest BCUT2D eigenvalue weighted by Gasteiger charge is 2.18. The Hall–Kier alpha value is -1.39. The quantitative estimate of drug-likeness (QED) is 0.825. The fraction of sp³-hybridized carbons (Fsp3) is 0.235. The molecule has 0 N–H and O–H groups in total. The SMILES string of the molecule is CN(C)c1ccc(CC(=C2SCS2)c2ccncc2)cc1. The summed E-state index contributed by atoms with van der Waals surface area (Å²) in [5.41, 5.74) is 5.31. The molecular weight excluding hydrogens is 296 g/mol. The maximum atomic E-state index is 4.13. The van der Waals surface area contributed by atoms with Crippen LogP contribution in [-0.2, 0) is 6.42 Å². The van der Waals surface area contributed by atoms with E-state index in [4.69, 9.17) is 0 Å².